The molecule has 0 atom stereocenters. The Labute approximate surface area is 85.0 Å². The van der Waals surface area contributed by atoms with Crippen LogP contribution in [-0.4, -0.2) is 50.1 Å². The van der Waals surface area contributed by atoms with Gasteiger partial charge in [0.25, 0.3) is 5.91 Å². The zero-order chi connectivity index (χ0) is 10.8. The summed E-state index contributed by atoms with van der Waals surface area (Å²) in [6, 6.07) is 0. The summed E-state index contributed by atoms with van der Waals surface area (Å²) >= 11 is 0. The van der Waals surface area contributed by atoms with Crippen molar-refractivity contribution in [1.29, 1.82) is 0 Å². The molecule has 0 aromatic rings. The zero-order valence-corrected chi connectivity index (χ0v) is 9.24. The molecule has 1 aliphatic rings. The highest BCUT2D eigenvalue weighted by Crippen LogP contribution is 2.05. The second-order valence-electron chi connectivity index (χ2n) is 4.37. The van der Waals surface area contributed by atoms with Crippen molar-refractivity contribution >= 4 is 5.91 Å². The smallest absolute Gasteiger partial charge is 0.295 e. The maximum Gasteiger partial charge on any atom is 0.295 e. The Kier molecular flexibility index (Phi) is 2.96. The van der Waals surface area contributed by atoms with Crippen LogP contribution in [0.3, 0.4) is 0 Å². The molecule has 1 amide bonds. The maximum atomic E-state index is 11.7. The summed E-state index contributed by atoms with van der Waals surface area (Å²) in [6.45, 7) is 0.788. The fraction of sp³-hybridized carbons (Fsp3) is 0.500. The predicted octanol–water partition coefficient (Wildman–Crippen LogP) is 0.109. The molecular weight excluding hydrogens is 178 g/mol. The molecule has 0 aliphatic carbocycles. The molecule has 0 unspecified atom stereocenters. The summed E-state index contributed by atoms with van der Waals surface area (Å²) in [5.41, 5.74) is 3.60. The number of hydrogen-bond donors (Lipinski definition) is 1. The molecule has 4 heteroatoms. The van der Waals surface area contributed by atoms with E-state index in [2.05, 4.69) is 5.43 Å². The molecule has 0 spiro atoms. The van der Waals surface area contributed by atoms with E-state index in [1.54, 1.807) is 0 Å². The van der Waals surface area contributed by atoms with Gasteiger partial charge in [0.1, 0.15) is 0 Å². The van der Waals surface area contributed by atoms with Crippen LogP contribution in [0.2, 0.25) is 0 Å². The molecule has 1 rings (SSSR count). The lowest BCUT2D eigenvalue weighted by molar-refractivity contribution is -0.905. The van der Waals surface area contributed by atoms with E-state index in [-0.39, 0.29) is 5.91 Å². The number of quaternary nitrogens is 1. The van der Waals surface area contributed by atoms with Crippen LogP contribution in [0.4, 0.5) is 0 Å². The van der Waals surface area contributed by atoms with E-state index in [4.69, 9.17) is 0 Å². The van der Waals surface area contributed by atoms with Gasteiger partial charge >= 0.3 is 0 Å². The summed E-state index contributed by atoms with van der Waals surface area (Å²) in [5, 5.41) is 0. The van der Waals surface area contributed by atoms with Crippen LogP contribution in [0.5, 0.6) is 0 Å². The number of carbonyl (C=O) groups excluding carboxylic acids is 1. The number of rotatable bonds is 2. The van der Waals surface area contributed by atoms with Crippen molar-refractivity contribution < 1.29 is 9.39 Å². The van der Waals surface area contributed by atoms with Crippen LogP contribution >= 0.6 is 0 Å². The Morgan fingerprint density at radius 2 is 2.14 bits per heavy atom. The highest BCUT2D eigenvalue weighted by atomic mass is 16.2. The number of nitrogens with one attached hydrogen (secondary N) is 1. The third-order valence-corrected chi connectivity index (χ3v) is 1.81. The Hall–Kier alpha value is -1.29. The van der Waals surface area contributed by atoms with E-state index in [9.17, 15) is 4.79 Å². The Morgan fingerprint density at radius 1 is 1.50 bits per heavy atom. The standard InChI is InChI=1S/C10H17N3O/c1-12-7-5-9(6-8-12)10(14)11-13(2,3)4/h5-7H,8H2,1-4H3/p+1. The lowest BCUT2D eigenvalue weighted by Gasteiger charge is -2.24. The minimum atomic E-state index is -0.0261. The fourth-order valence-corrected chi connectivity index (χ4v) is 1.12. The van der Waals surface area contributed by atoms with Gasteiger partial charge in [-0.3, -0.25) is 4.79 Å². The van der Waals surface area contributed by atoms with Crippen LogP contribution in [0, 0.1) is 0 Å². The predicted molar refractivity (Wildman–Crippen MR) is 56.0 cm³/mol. The lowest BCUT2D eigenvalue weighted by atomic mass is 10.2. The first kappa shape index (κ1) is 10.8. The molecule has 78 valence electrons. The molecule has 1 aliphatic heterocycles. The third-order valence-electron chi connectivity index (χ3n) is 1.81. The monoisotopic (exact) mass is 196 g/mol. The quantitative estimate of drug-likeness (QED) is 0.502. The molecule has 0 radical (unpaired) electrons. The lowest BCUT2D eigenvalue weighted by Crippen LogP contribution is -2.51. The number of hydrogen-bond acceptors (Lipinski definition) is 2. The first-order chi connectivity index (χ1) is 6.38. The summed E-state index contributed by atoms with van der Waals surface area (Å²) in [6.07, 6.45) is 5.66. The molecular formula is C10H18N3O+. The molecule has 0 fully saturated rings. The average molecular weight is 196 g/mol. The maximum absolute atomic E-state index is 11.7. The van der Waals surface area contributed by atoms with Gasteiger partial charge in [-0.1, -0.05) is 6.08 Å². The van der Waals surface area contributed by atoms with Gasteiger partial charge in [-0.05, 0) is 12.3 Å². The van der Waals surface area contributed by atoms with Crippen molar-refractivity contribution in [3.05, 3.63) is 23.9 Å². The van der Waals surface area contributed by atoms with Gasteiger partial charge in [0.05, 0.1) is 21.1 Å². The van der Waals surface area contributed by atoms with E-state index < -0.39 is 0 Å². The number of amides is 1. The molecule has 0 aromatic carbocycles. The topological polar surface area (TPSA) is 32.3 Å². The van der Waals surface area contributed by atoms with Gasteiger partial charge < -0.3 is 4.90 Å². The largest absolute Gasteiger partial charge is 0.377 e. The Bertz CT molecular complexity index is 286. The van der Waals surface area contributed by atoms with Crippen LogP contribution in [0.1, 0.15) is 0 Å². The van der Waals surface area contributed by atoms with Gasteiger partial charge in [-0.2, -0.15) is 5.43 Å². The Balaban J connectivity index is 2.59. The summed E-state index contributed by atoms with van der Waals surface area (Å²) in [7, 11) is 7.72. The van der Waals surface area contributed by atoms with E-state index in [1.807, 2.05) is 51.4 Å². The van der Waals surface area contributed by atoms with Crippen molar-refractivity contribution in [2.75, 3.05) is 34.7 Å². The van der Waals surface area contributed by atoms with Crippen LogP contribution < -0.4 is 5.43 Å². The normalized spacial score (nSPS) is 16.6. The minimum Gasteiger partial charge on any atom is -0.377 e. The second-order valence-corrected chi connectivity index (χ2v) is 4.37. The third kappa shape index (κ3) is 3.22. The van der Waals surface area contributed by atoms with Crippen LogP contribution in [-0.2, 0) is 4.79 Å². The molecule has 4 nitrogen and oxygen atoms in total. The van der Waals surface area contributed by atoms with Crippen molar-refractivity contribution in [2.24, 2.45) is 0 Å². The van der Waals surface area contributed by atoms with E-state index in [0.29, 0.717) is 4.59 Å². The summed E-state index contributed by atoms with van der Waals surface area (Å²) in [5.74, 6) is -0.0261. The molecule has 1 heterocycles. The van der Waals surface area contributed by atoms with Crippen molar-refractivity contribution in [1.82, 2.24) is 10.3 Å². The van der Waals surface area contributed by atoms with Crippen LogP contribution in [0.25, 0.3) is 0 Å². The fourth-order valence-electron chi connectivity index (χ4n) is 1.12. The molecule has 0 saturated heterocycles. The molecule has 0 aromatic heterocycles. The first-order valence-corrected chi connectivity index (χ1v) is 4.61. The van der Waals surface area contributed by atoms with Gasteiger partial charge in [0.15, 0.2) is 0 Å². The number of carbonyl (C=O) groups is 1. The number of likely N-dealkylation sites (N-methyl/N-ethyl adjacent to an activating group) is 1. The highest BCUT2D eigenvalue weighted by molar-refractivity contribution is 5.95. The van der Waals surface area contributed by atoms with E-state index in [1.165, 1.54) is 0 Å². The first-order valence-electron chi connectivity index (χ1n) is 4.61. The molecule has 1 N–H and O–H groups in total. The highest BCUT2D eigenvalue weighted by Gasteiger charge is 2.16. The van der Waals surface area contributed by atoms with Gasteiger partial charge in [-0.25, -0.2) is 4.59 Å². The van der Waals surface area contributed by atoms with Gasteiger partial charge in [0, 0.05) is 19.2 Å². The summed E-state index contributed by atoms with van der Waals surface area (Å²) in [4.78, 5) is 13.7. The Morgan fingerprint density at radius 3 is 2.57 bits per heavy atom. The molecule has 0 bridgehead atoms. The summed E-state index contributed by atoms with van der Waals surface area (Å²) < 4.78 is 0.430. The van der Waals surface area contributed by atoms with Gasteiger partial charge in [-0.15, -0.1) is 0 Å². The van der Waals surface area contributed by atoms with E-state index in [0.717, 1.165) is 12.1 Å². The van der Waals surface area contributed by atoms with Crippen molar-refractivity contribution in [2.45, 2.75) is 0 Å². The zero-order valence-electron chi connectivity index (χ0n) is 9.24. The second kappa shape index (κ2) is 3.84. The van der Waals surface area contributed by atoms with Crippen molar-refractivity contribution in [3.8, 4) is 0 Å². The van der Waals surface area contributed by atoms with Crippen molar-refractivity contribution in [3.63, 3.8) is 0 Å². The van der Waals surface area contributed by atoms with Crippen LogP contribution in [0.15, 0.2) is 23.9 Å². The van der Waals surface area contributed by atoms with Gasteiger partial charge in [0.2, 0.25) is 0 Å². The minimum absolute atomic E-state index is 0.0261. The SMILES string of the molecule is CN1C=CC(C(=O)N[N+](C)(C)C)=CC1. The average Bonchev–Trinajstić information content (AvgIpc) is 2.02. The number of nitrogens with zero attached hydrogens (tertiary/aromatic N) is 2. The molecule has 0 saturated carbocycles. The molecule has 14 heavy (non-hydrogen) atoms. The van der Waals surface area contributed by atoms with E-state index >= 15 is 0 Å².